The first-order chi connectivity index (χ1) is 9.79. The van der Waals surface area contributed by atoms with Gasteiger partial charge in [-0.05, 0) is 19.9 Å². The van der Waals surface area contributed by atoms with Crippen LogP contribution in [0.3, 0.4) is 0 Å². The number of amides is 1. The minimum Gasteiger partial charge on any atom is -0.319 e. The van der Waals surface area contributed by atoms with Crippen molar-refractivity contribution < 1.29 is 22.4 Å². The van der Waals surface area contributed by atoms with Crippen molar-refractivity contribution in [1.29, 1.82) is 0 Å². The van der Waals surface area contributed by atoms with Crippen LogP contribution < -0.4 is 5.32 Å². The summed E-state index contributed by atoms with van der Waals surface area (Å²) in [5.41, 5.74) is 0.169. The average molecular weight is 301 g/mol. The van der Waals surface area contributed by atoms with Crippen LogP contribution >= 0.6 is 0 Å². The summed E-state index contributed by atoms with van der Waals surface area (Å²) in [5.74, 6) is -7.35. The van der Waals surface area contributed by atoms with Crippen LogP contribution in [-0.2, 0) is 11.3 Å². The third-order valence-corrected chi connectivity index (χ3v) is 2.77. The molecule has 8 heteroatoms. The van der Waals surface area contributed by atoms with Crippen molar-refractivity contribution in [3.05, 3.63) is 46.8 Å². The highest BCUT2D eigenvalue weighted by Gasteiger charge is 2.21. The van der Waals surface area contributed by atoms with Gasteiger partial charge in [-0.3, -0.25) is 9.48 Å². The number of nitrogens with zero attached hydrogens (tertiary/aromatic N) is 2. The Balaban J connectivity index is 2.22. The average Bonchev–Trinajstić information content (AvgIpc) is 2.70. The summed E-state index contributed by atoms with van der Waals surface area (Å²) in [5, 5.41) is 5.81. The van der Waals surface area contributed by atoms with Gasteiger partial charge in [-0.2, -0.15) is 5.10 Å². The number of carbonyl (C=O) groups excluding carboxylic acids is 1. The number of halogens is 4. The number of anilines is 1. The lowest BCUT2D eigenvalue weighted by molar-refractivity contribution is -0.117. The van der Waals surface area contributed by atoms with Crippen molar-refractivity contribution in [2.45, 2.75) is 20.4 Å². The van der Waals surface area contributed by atoms with Crippen LogP contribution in [0, 0.1) is 37.1 Å². The van der Waals surface area contributed by atoms with Crippen LogP contribution in [-0.4, -0.2) is 15.7 Å². The minimum atomic E-state index is -1.66. The van der Waals surface area contributed by atoms with E-state index >= 15 is 0 Å². The van der Waals surface area contributed by atoms with Gasteiger partial charge < -0.3 is 5.32 Å². The summed E-state index contributed by atoms with van der Waals surface area (Å²) in [6.07, 6.45) is 0. The highest BCUT2D eigenvalue weighted by Crippen LogP contribution is 2.24. The molecular formula is C13H11F4N3O. The second-order valence-corrected chi connectivity index (χ2v) is 4.48. The zero-order valence-corrected chi connectivity index (χ0v) is 11.2. The fourth-order valence-electron chi connectivity index (χ4n) is 1.83. The Labute approximate surface area is 117 Å². The van der Waals surface area contributed by atoms with Crippen LogP contribution in [0.2, 0.25) is 0 Å². The third-order valence-electron chi connectivity index (χ3n) is 2.77. The molecule has 1 amide bonds. The maximum atomic E-state index is 13.4. The van der Waals surface area contributed by atoms with Gasteiger partial charge in [0, 0.05) is 11.8 Å². The van der Waals surface area contributed by atoms with Crippen LogP contribution in [0.1, 0.15) is 11.4 Å². The van der Waals surface area contributed by atoms with E-state index in [4.69, 9.17) is 0 Å². The zero-order valence-electron chi connectivity index (χ0n) is 11.2. The van der Waals surface area contributed by atoms with Crippen molar-refractivity contribution >= 4 is 11.6 Å². The molecule has 0 aliphatic carbocycles. The fourth-order valence-corrected chi connectivity index (χ4v) is 1.83. The molecule has 112 valence electrons. The van der Waals surface area contributed by atoms with Gasteiger partial charge in [0.15, 0.2) is 23.3 Å². The first kappa shape index (κ1) is 15.0. The van der Waals surface area contributed by atoms with E-state index in [9.17, 15) is 22.4 Å². The lowest BCUT2D eigenvalue weighted by Gasteiger charge is -2.09. The molecule has 0 radical (unpaired) electrons. The largest absolute Gasteiger partial charge is 0.319 e. The van der Waals surface area contributed by atoms with Gasteiger partial charge in [0.2, 0.25) is 5.91 Å². The molecule has 0 unspecified atom stereocenters. The summed E-state index contributed by atoms with van der Waals surface area (Å²) in [6.45, 7) is 3.07. The number of rotatable bonds is 3. The Hall–Kier alpha value is -2.38. The van der Waals surface area contributed by atoms with Crippen molar-refractivity contribution in [2.24, 2.45) is 0 Å². The molecule has 0 aliphatic rings. The first-order valence-electron chi connectivity index (χ1n) is 5.93. The Morgan fingerprint density at radius 2 is 1.71 bits per heavy atom. The van der Waals surface area contributed by atoms with Crippen molar-refractivity contribution in [3.63, 3.8) is 0 Å². The molecule has 0 bridgehead atoms. The molecule has 0 fully saturated rings. The number of hydrogen-bond donors (Lipinski definition) is 1. The molecule has 0 saturated heterocycles. The molecule has 1 heterocycles. The molecule has 1 N–H and O–H groups in total. The summed E-state index contributed by atoms with van der Waals surface area (Å²) in [7, 11) is 0. The number of nitrogens with one attached hydrogen (secondary N) is 1. The van der Waals surface area contributed by atoms with Crippen molar-refractivity contribution in [2.75, 3.05) is 5.32 Å². The summed E-state index contributed by atoms with van der Waals surface area (Å²) in [6, 6.07) is 1.78. The van der Waals surface area contributed by atoms with Gasteiger partial charge in [0.05, 0.1) is 5.69 Å². The molecule has 0 aliphatic heterocycles. The minimum absolute atomic E-state index is 0.0708. The van der Waals surface area contributed by atoms with Crippen molar-refractivity contribution in [1.82, 2.24) is 9.78 Å². The van der Waals surface area contributed by atoms with Crippen LogP contribution in [0.25, 0.3) is 0 Å². The van der Waals surface area contributed by atoms with Crippen molar-refractivity contribution in [3.8, 4) is 0 Å². The van der Waals surface area contributed by atoms with Gasteiger partial charge in [-0.25, -0.2) is 17.6 Å². The lowest BCUT2D eigenvalue weighted by Crippen LogP contribution is -2.22. The number of aryl methyl sites for hydroxylation is 2. The zero-order chi connectivity index (χ0) is 15.7. The molecular weight excluding hydrogens is 290 g/mol. The first-order valence-corrected chi connectivity index (χ1v) is 5.93. The fraction of sp³-hybridized carbons (Fsp3) is 0.231. The van der Waals surface area contributed by atoms with E-state index in [-0.39, 0.29) is 12.6 Å². The number of hydrogen-bond acceptors (Lipinski definition) is 2. The summed E-state index contributed by atoms with van der Waals surface area (Å²) >= 11 is 0. The van der Waals surface area contributed by atoms with Crippen LogP contribution in [0.15, 0.2) is 12.1 Å². The SMILES string of the molecule is Cc1cc(C)n(CC(=O)Nc2c(F)c(F)cc(F)c2F)n1. The maximum Gasteiger partial charge on any atom is 0.246 e. The van der Waals surface area contributed by atoms with Gasteiger partial charge >= 0.3 is 0 Å². The predicted octanol–water partition coefficient (Wildman–Crippen LogP) is 2.70. The number of aromatic nitrogens is 2. The van der Waals surface area contributed by atoms with Gasteiger partial charge in [0.25, 0.3) is 0 Å². The van der Waals surface area contributed by atoms with Gasteiger partial charge in [0.1, 0.15) is 12.2 Å². The maximum absolute atomic E-state index is 13.4. The highest BCUT2D eigenvalue weighted by molar-refractivity contribution is 5.90. The van der Waals surface area contributed by atoms with Crippen LogP contribution in [0.5, 0.6) is 0 Å². The number of carbonyl (C=O) groups is 1. The Morgan fingerprint density at radius 3 is 2.19 bits per heavy atom. The smallest absolute Gasteiger partial charge is 0.246 e. The summed E-state index contributed by atoms with van der Waals surface area (Å²) < 4.78 is 54.1. The Bertz CT molecular complexity index is 686. The standard InChI is InChI=1S/C13H11F4N3O/c1-6-3-7(2)20(19-6)5-10(21)18-13-11(16)8(14)4-9(15)12(13)17/h3-4H,5H2,1-2H3,(H,18,21). The molecule has 1 aromatic carbocycles. The van der Waals surface area contributed by atoms with E-state index in [0.29, 0.717) is 11.4 Å². The molecule has 1 aromatic heterocycles. The predicted molar refractivity (Wildman–Crippen MR) is 66.6 cm³/mol. The highest BCUT2D eigenvalue weighted by atomic mass is 19.2. The molecule has 4 nitrogen and oxygen atoms in total. The van der Waals surface area contributed by atoms with E-state index in [0.717, 1.165) is 0 Å². The van der Waals surface area contributed by atoms with Gasteiger partial charge in [-0.1, -0.05) is 0 Å². The molecule has 2 aromatic rings. The van der Waals surface area contributed by atoms with Gasteiger partial charge in [-0.15, -0.1) is 0 Å². The lowest BCUT2D eigenvalue weighted by atomic mass is 10.2. The van der Waals surface area contributed by atoms with Crippen LogP contribution in [0.4, 0.5) is 23.2 Å². The molecule has 21 heavy (non-hydrogen) atoms. The Morgan fingerprint density at radius 1 is 1.14 bits per heavy atom. The third kappa shape index (κ3) is 3.04. The molecule has 0 saturated carbocycles. The monoisotopic (exact) mass is 301 g/mol. The quantitative estimate of drug-likeness (QED) is 0.700. The molecule has 2 rings (SSSR count). The normalized spacial score (nSPS) is 10.8. The van der Waals surface area contributed by atoms with E-state index < -0.39 is 34.9 Å². The second-order valence-electron chi connectivity index (χ2n) is 4.48. The van der Waals surface area contributed by atoms with E-state index in [1.54, 1.807) is 19.9 Å². The second kappa shape index (κ2) is 5.55. The molecule has 0 atom stereocenters. The molecule has 0 spiro atoms. The summed E-state index contributed by atoms with van der Waals surface area (Å²) in [4.78, 5) is 11.7. The van der Waals surface area contributed by atoms with E-state index in [1.807, 2.05) is 5.32 Å². The number of benzene rings is 1. The Kier molecular flexibility index (Phi) is 3.97. The van der Waals surface area contributed by atoms with E-state index in [2.05, 4.69) is 5.10 Å². The topological polar surface area (TPSA) is 46.9 Å². The van der Waals surface area contributed by atoms with E-state index in [1.165, 1.54) is 4.68 Å².